The molecule has 498 valence electrons. The quantitative estimate of drug-likeness (QED) is 0.0374. The highest BCUT2D eigenvalue weighted by molar-refractivity contribution is 6.05. The molecule has 2 aliphatic heterocycles. The lowest BCUT2D eigenvalue weighted by Crippen LogP contribution is -2.24. The van der Waals surface area contributed by atoms with Gasteiger partial charge in [-0.15, -0.1) is 0 Å². The van der Waals surface area contributed by atoms with Crippen molar-refractivity contribution in [3.05, 3.63) is 242 Å². The van der Waals surface area contributed by atoms with Gasteiger partial charge in [-0.05, 0) is 111 Å². The van der Waals surface area contributed by atoms with Gasteiger partial charge in [0.15, 0.2) is 0 Å². The van der Waals surface area contributed by atoms with E-state index < -0.39 is 23.5 Å². The van der Waals surface area contributed by atoms with Crippen LogP contribution in [0.25, 0.3) is 39.5 Å². The van der Waals surface area contributed by atoms with Crippen molar-refractivity contribution in [2.45, 2.75) is 78.7 Å². The number of carbonyl (C=O) groups is 6. The van der Waals surface area contributed by atoms with Crippen LogP contribution >= 0.6 is 0 Å². The molecule has 2 saturated heterocycles. The molecule has 0 spiro atoms. The highest BCUT2D eigenvalue weighted by Gasteiger charge is 2.30. The Labute approximate surface area is 559 Å². The second kappa shape index (κ2) is 31.1. The third kappa shape index (κ3) is 15.8. The van der Waals surface area contributed by atoms with Crippen LogP contribution in [0.3, 0.4) is 0 Å². The molecule has 12 rings (SSSR count). The number of nitrogens with two attached hydrogens (primary N) is 4. The van der Waals surface area contributed by atoms with E-state index in [2.05, 4.69) is 36.4 Å². The molecule has 6 heterocycles. The number of rotatable bonds is 19. The van der Waals surface area contributed by atoms with E-state index in [1.807, 2.05) is 142 Å². The van der Waals surface area contributed by atoms with E-state index in [-0.39, 0.29) is 53.4 Å². The predicted molar refractivity (Wildman–Crippen MR) is 367 cm³/mol. The van der Waals surface area contributed by atoms with Crippen molar-refractivity contribution in [3.8, 4) is 39.5 Å². The molecule has 6 amide bonds. The molecule has 2 aliphatic rings. The molecule has 10 aromatic rings. The molecule has 2 fully saturated rings. The monoisotopic (exact) mass is 1310 g/mol. The Morgan fingerprint density at radius 2 is 0.990 bits per heavy atom. The highest BCUT2D eigenvalue weighted by Crippen LogP contribution is 2.35. The van der Waals surface area contributed by atoms with E-state index in [0.29, 0.717) is 108 Å². The third-order valence-corrected chi connectivity index (χ3v) is 16.9. The molecule has 4 aromatic heterocycles. The van der Waals surface area contributed by atoms with Crippen LogP contribution in [0.15, 0.2) is 164 Å². The van der Waals surface area contributed by atoms with Crippen molar-refractivity contribution in [1.82, 2.24) is 50.3 Å². The van der Waals surface area contributed by atoms with Gasteiger partial charge in [0, 0.05) is 97.3 Å². The molecule has 0 bridgehead atoms. The number of pyridine rings is 1. The zero-order valence-corrected chi connectivity index (χ0v) is 54.4. The summed E-state index contributed by atoms with van der Waals surface area (Å²) in [7, 11) is 1.71. The van der Waals surface area contributed by atoms with Crippen LogP contribution in [0.4, 0.5) is 16.0 Å². The molecule has 1 unspecified atom stereocenters. The Morgan fingerprint density at radius 1 is 0.526 bits per heavy atom. The second-order valence-corrected chi connectivity index (χ2v) is 23.4. The number of nitrogen functional groups attached to an aromatic ring is 1. The number of nitrogens with one attached hydrogen (secondary N) is 4. The Balaban J connectivity index is 0.000000158. The maximum atomic E-state index is 14.9. The first kappa shape index (κ1) is 68.2. The first-order valence-electron chi connectivity index (χ1n) is 31.5. The van der Waals surface area contributed by atoms with Crippen molar-refractivity contribution >= 4 is 47.1 Å². The van der Waals surface area contributed by atoms with E-state index in [9.17, 15) is 33.2 Å². The molecule has 0 radical (unpaired) electrons. The van der Waals surface area contributed by atoms with Crippen LogP contribution in [0.1, 0.15) is 133 Å². The lowest BCUT2D eigenvalue weighted by molar-refractivity contribution is 0.0657. The first-order valence-corrected chi connectivity index (χ1v) is 31.5. The molecule has 97 heavy (non-hydrogen) atoms. The number of primary amides is 3. The van der Waals surface area contributed by atoms with E-state index >= 15 is 0 Å². The second-order valence-electron chi connectivity index (χ2n) is 23.4. The largest absolute Gasteiger partial charge is 0.383 e. The molecule has 23 nitrogen and oxygen atoms in total. The number of nitrogens with zero attached hydrogens (tertiary/aromatic N) is 7. The van der Waals surface area contributed by atoms with Crippen molar-refractivity contribution in [1.29, 1.82) is 0 Å². The van der Waals surface area contributed by atoms with E-state index in [1.54, 1.807) is 60.5 Å². The van der Waals surface area contributed by atoms with Gasteiger partial charge >= 0.3 is 0 Å². The van der Waals surface area contributed by atoms with E-state index in [1.165, 1.54) is 10.7 Å². The molecule has 24 heteroatoms. The van der Waals surface area contributed by atoms with Gasteiger partial charge in [0.1, 0.15) is 45.7 Å². The van der Waals surface area contributed by atoms with Crippen LogP contribution in [0.5, 0.6) is 0 Å². The number of benzene rings is 6. The van der Waals surface area contributed by atoms with Gasteiger partial charge in [-0.3, -0.25) is 38.4 Å². The fourth-order valence-electron chi connectivity index (χ4n) is 11.6. The van der Waals surface area contributed by atoms with Crippen molar-refractivity contribution in [2.24, 2.45) is 17.2 Å². The Hall–Kier alpha value is -11.6. The van der Waals surface area contributed by atoms with Crippen molar-refractivity contribution in [2.75, 3.05) is 44.5 Å². The van der Waals surface area contributed by atoms with Gasteiger partial charge in [0.2, 0.25) is 0 Å². The van der Waals surface area contributed by atoms with Crippen LogP contribution in [-0.2, 0) is 29.1 Å². The lowest BCUT2D eigenvalue weighted by atomic mass is 10.0. The molecule has 0 saturated carbocycles. The molecule has 1 atom stereocenters. The van der Waals surface area contributed by atoms with Crippen LogP contribution in [0, 0.1) is 33.5 Å². The van der Waals surface area contributed by atoms with E-state index in [0.717, 1.165) is 57.5 Å². The summed E-state index contributed by atoms with van der Waals surface area (Å²) in [6.45, 7) is 10.7. The maximum Gasteiger partial charge on any atom is 0.254 e. The zero-order chi connectivity index (χ0) is 68.9. The fraction of sp³-hybridized carbons (Fsp3) is 0.233. The van der Waals surface area contributed by atoms with Gasteiger partial charge in [0.25, 0.3) is 35.4 Å². The molecule has 6 aromatic carbocycles. The minimum Gasteiger partial charge on any atom is -0.383 e. The number of halogens is 1. The zero-order valence-electron chi connectivity index (χ0n) is 54.4. The summed E-state index contributed by atoms with van der Waals surface area (Å²) in [5, 5.41) is 25.5. The average Bonchev–Trinajstić information content (AvgIpc) is 1.65. The van der Waals surface area contributed by atoms with Crippen LogP contribution < -0.4 is 44.2 Å². The highest BCUT2D eigenvalue weighted by atomic mass is 19.1. The number of amides is 6. The number of ether oxygens (including phenoxy) is 2. The lowest BCUT2D eigenvalue weighted by Gasteiger charge is -2.23. The Kier molecular flexibility index (Phi) is 21.9. The first-order chi connectivity index (χ1) is 46.8. The SMILES string of the molecule is CNc1c(C(N)=O)c(-c2ccc(CNC(=O)c3ccccc3C)cc2)nn1-c1cccnc1.Cc1ccccc1C(=O)NCc1ccc(-c2nn(C3CCOC3)c(N)c2C(N)=O)cc1F.Cc1ccccc1C(=O)NCc1ccc(-c2nn(C3CCOCC3)c(C)c2C(N)=O)cc1. The topological polar surface area (TPSA) is 339 Å². The smallest absolute Gasteiger partial charge is 0.254 e. The van der Waals surface area contributed by atoms with Crippen LogP contribution in [0.2, 0.25) is 0 Å². The number of aromatic nitrogens is 7. The minimum atomic E-state index is -0.738. The summed E-state index contributed by atoms with van der Waals surface area (Å²) in [6, 6.07) is 45.5. The Morgan fingerprint density at radius 3 is 1.45 bits per heavy atom. The van der Waals surface area contributed by atoms with Gasteiger partial charge in [-0.1, -0.05) is 115 Å². The number of aryl methyl sites for hydroxylation is 3. The normalized spacial score (nSPS) is 13.5. The minimum absolute atomic E-state index is 0.0119. The van der Waals surface area contributed by atoms with Crippen LogP contribution in [-0.4, -0.2) is 103 Å². The number of hydrogen-bond donors (Lipinski definition) is 8. The third-order valence-electron chi connectivity index (χ3n) is 16.9. The number of hydrogen-bond acceptors (Lipinski definition) is 14. The van der Waals surface area contributed by atoms with Gasteiger partial charge in [0.05, 0.1) is 36.1 Å². The van der Waals surface area contributed by atoms with E-state index in [4.69, 9.17) is 37.5 Å². The summed E-state index contributed by atoms with van der Waals surface area (Å²) < 4.78 is 30.7. The summed E-state index contributed by atoms with van der Waals surface area (Å²) >= 11 is 0. The number of anilines is 2. The van der Waals surface area contributed by atoms with Crippen molar-refractivity contribution in [3.63, 3.8) is 0 Å². The maximum absolute atomic E-state index is 14.9. The molecular weight excluding hydrogens is 1230 g/mol. The fourth-order valence-corrected chi connectivity index (χ4v) is 11.6. The van der Waals surface area contributed by atoms with Gasteiger partial charge < -0.3 is 53.7 Å². The molecule has 12 N–H and O–H groups in total. The number of carbonyl (C=O) groups excluding carboxylic acids is 6. The summed E-state index contributed by atoms with van der Waals surface area (Å²) in [4.78, 5) is 78.0. The van der Waals surface area contributed by atoms with Gasteiger partial charge in [-0.25, -0.2) is 13.8 Å². The summed E-state index contributed by atoms with van der Waals surface area (Å²) in [5.41, 5.74) is 35.3. The standard InChI is InChI=1S/C25H24N6O2.C25H28N4O3.C23H24FN5O3/c1-16-6-3-4-8-20(16)25(33)29-14-17-9-11-18(12-10-17)22-21(23(26)32)24(27-2)31(30-22)19-7-5-13-28-15-19;1-16-5-3-4-6-21(16)25(31)27-15-18-7-9-19(10-8-18)23-22(24(26)30)17(2)29(28-23)20-11-13-32-14-12-20;1-13-4-2-3-5-17(13)23(31)27-11-15-7-6-14(10-18(15)24)20-19(22(26)30)21(25)29(28-20)16-8-9-32-12-16/h3-13,15,27H,14H2,1-2H3,(H2,26,32)(H,29,33);3-10,20H,11-15H2,1-2H3,(H2,26,30)(H,27,31);2-7,10,16H,8-9,11-12,25H2,1H3,(H2,26,30)(H,27,31). The predicted octanol–water partition coefficient (Wildman–Crippen LogP) is 9.43. The summed E-state index contributed by atoms with van der Waals surface area (Å²) in [6.07, 6.45) is 5.75. The Bertz CT molecular complexity index is 4520. The molecule has 0 aliphatic carbocycles. The van der Waals surface area contributed by atoms with Crippen molar-refractivity contribution < 1.29 is 42.6 Å². The summed E-state index contributed by atoms with van der Waals surface area (Å²) in [5.74, 6) is -2.23. The average molecular weight is 1310 g/mol. The molecular formula is C73H76FN15O8. The van der Waals surface area contributed by atoms with Gasteiger partial charge in [-0.2, -0.15) is 15.3 Å².